The number of rotatable bonds is 9. The van der Waals surface area contributed by atoms with Gasteiger partial charge in [-0.3, -0.25) is 14.4 Å². The number of sulfonamides is 1. The van der Waals surface area contributed by atoms with Gasteiger partial charge in [0.15, 0.2) is 0 Å². The number of amides is 3. The van der Waals surface area contributed by atoms with Crippen LogP contribution in [0, 0.1) is 11.7 Å². The Bertz CT molecular complexity index is 1050. The van der Waals surface area contributed by atoms with E-state index in [0.29, 0.717) is 38.9 Å². The lowest BCUT2D eigenvalue weighted by Gasteiger charge is -2.34. The van der Waals surface area contributed by atoms with E-state index in [1.54, 1.807) is 23.5 Å². The second-order valence-corrected chi connectivity index (χ2v) is 12.2. The van der Waals surface area contributed by atoms with E-state index in [9.17, 15) is 27.2 Å². The van der Waals surface area contributed by atoms with Gasteiger partial charge < -0.3 is 20.9 Å². The fourth-order valence-electron chi connectivity index (χ4n) is 5.81. The largest absolute Gasteiger partial charge is 0.355 e. The van der Waals surface area contributed by atoms with Gasteiger partial charge in [-0.1, -0.05) is 31.4 Å². The Morgan fingerprint density at radius 2 is 1.71 bits per heavy atom. The summed E-state index contributed by atoms with van der Waals surface area (Å²) in [5.74, 6) is -0.297. The van der Waals surface area contributed by atoms with Crippen LogP contribution >= 0.6 is 0 Å². The number of likely N-dealkylation sites (tertiary alicyclic amines) is 1. The maximum Gasteiger partial charge on any atom is 0.245 e. The lowest BCUT2D eigenvalue weighted by atomic mass is 9.83. The molecule has 212 valence electrons. The Morgan fingerprint density at radius 1 is 1.05 bits per heavy atom. The molecule has 3 fully saturated rings. The molecule has 10 nitrogen and oxygen atoms in total. The summed E-state index contributed by atoms with van der Waals surface area (Å²) >= 11 is 0. The van der Waals surface area contributed by atoms with Crippen LogP contribution in [0.25, 0.3) is 0 Å². The number of carbonyl (C=O) groups is 3. The first-order chi connectivity index (χ1) is 18.2. The number of hydrogen-bond acceptors (Lipinski definition) is 6. The topological polar surface area (TPSA) is 128 Å². The Balaban J connectivity index is 0.000000304. The van der Waals surface area contributed by atoms with Crippen LogP contribution in [0.4, 0.5) is 4.39 Å². The molecule has 1 saturated carbocycles. The zero-order valence-corrected chi connectivity index (χ0v) is 23.0. The van der Waals surface area contributed by atoms with Crippen molar-refractivity contribution in [2.75, 3.05) is 32.9 Å². The third-order valence-corrected chi connectivity index (χ3v) is 8.88. The van der Waals surface area contributed by atoms with Crippen LogP contribution in [0.15, 0.2) is 24.3 Å². The first-order valence-electron chi connectivity index (χ1n) is 13.3. The highest BCUT2D eigenvalue weighted by atomic mass is 32.2. The monoisotopic (exact) mass is 553 g/mol. The summed E-state index contributed by atoms with van der Waals surface area (Å²) in [7, 11) is -1.55. The van der Waals surface area contributed by atoms with Gasteiger partial charge in [-0.15, -0.1) is 0 Å². The number of benzene rings is 1. The van der Waals surface area contributed by atoms with Crippen molar-refractivity contribution in [2.24, 2.45) is 5.92 Å². The fraction of sp³-hybridized carbons (Fsp3) is 0.654. The lowest BCUT2D eigenvalue weighted by molar-refractivity contribution is -0.139. The molecular formula is C26H40FN5O5S. The van der Waals surface area contributed by atoms with Crippen LogP contribution < -0.4 is 16.0 Å². The van der Waals surface area contributed by atoms with Gasteiger partial charge in [-0.2, -0.15) is 4.31 Å². The van der Waals surface area contributed by atoms with Crippen LogP contribution in [-0.2, 0) is 31.0 Å². The van der Waals surface area contributed by atoms with E-state index in [0.717, 1.165) is 31.2 Å². The standard InChI is InChI=1S/C18H32N4O4S.C8H8FNO/c1-19-12-16(23)20-17(13-6-4-3-5-7-13)18(24)21-10-8-15-14(21)9-11-22(15)27(2,25)26;9-8-3-1-7(2-4-8)5-10-6-11/h13-15,17,19H,3-12H2,1-2H3,(H,20,23);1-4,6H,5H2,(H,10,11). The van der Waals surface area contributed by atoms with Crippen LogP contribution in [0.1, 0.15) is 50.5 Å². The minimum absolute atomic E-state index is 0.0331. The average Bonchev–Trinajstić information content (AvgIpc) is 3.50. The molecule has 2 saturated heterocycles. The van der Waals surface area contributed by atoms with Gasteiger partial charge in [0.25, 0.3) is 0 Å². The minimum Gasteiger partial charge on any atom is -0.355 e. The molecule has 0 radical (unpaired) electrons. The van der Waals surface area contributed by atoms with Crippen molar-refractivity contribution in [3.8, 4) is 0 Å². The summed E-state index contributed by atoms with van der Waals surface area (Å²) in [5.41, 5.74) is 0.888. The maximum atomic E-state index is 13.4. The second-order valence-electron chi connectivity index (χ2n) is 10.2. The number of likely N-dealkylation sites (N-methyl/N-ethyl adjacent to an activating group) is 1. The van der Waals surface area contributed by atoms with Crippen molar-refractivity contribution in [1.29, 1.82) is 0 Å². The number of carbonyl (C=O) groups excluding carboxylic acids is 3. The van der Waals surface area contributed by atoms with Crippen molar-refractivity contribution in [3.63, 3.8) is 0 Å². The molecule has 1 aromatic carbocycles. The number of nitrogens with zero attached hydrogens (tertiary/aromatic N) is 2. The summed E-state index contributed by atoms with van der Waals surface area (Å²) < 4.78 is 37.9. The van der Waals surface area contributed by atoms with E-state index in [1.807, 2.05) is 4.90 Å². The van der Waals surface area contributed by atoms with Crippen LogP contribution in [0.3, 0.4) is 0 Å². The zero-order valence-electron chi connectivity index (χ0n) is 22.2. The third-order valence-electron chi connectivity index (χ3n) is 7.58. The molecule has 3 aliphatic rings. The number of halogens is 1. The average molecular weight is 554 g/mol. The molecule has 2 aliphatic heterocycles. The molecule has 3 unspecified atom stereocenters. The molecule has 3 atom stereocenters. The summed E-state index contributed by atoms with van der Waals surface area (Å²) in [6.07, 6.45) is 8.46. The van der Waals surface area contributed by atoms with Gasteiger partial charge in [0.2, 0.25) is 28.2 Å². The SMILES string of the molecule is CNCC(=O)NC(C(=O)N1CCC2C1CCN2S(C)(=O)=O)C1CCCCC1.O=CNCc1ccc(F)cc1. The zero-order chi connectivity index (χ0) is 27.7. The van der Waals surface area contributed by atoms with Gasteiger partial charge in [0, 0.05) is 31.7 Å². The molecule has 12 heteroatoms. The molecular weight excluding hydrogens is 513 g/mol. The van der Waals surface area contributed by atoms with E-state index < -0.39 is 16.1 Å². The molecule has 3 N–H and O–H groups in total. The van der Waals surface area contributed by atoms with Gasteiger partial charge in [0.1, 0.15) is 11.9 Å². The minimum atomic E-state index is -3.26. The lowest BCUT2D eigenvalue weighted by Crippen LogP contribution is -2.55. The Hall–Kier alpha value is -2.57. The first kappa shape index (κ1) is 30.0. The predicted octanol–water partition coefficient (Wildman–Crippen LogP) is 0.977. The second kappa shape index (κ2) is 14.0. The van der Waals surface area contributed by atoms with E-state index >= 15 is 0 Å². The first-order valence-corrected chi connectivity index (χ1v) is 15.1. The molecule has 3 amide bonds. The van der Waals surface area contributed by atoms with Gasteiger partial charge in [-0.05, 0) is 56.3 Å². The Kier molecular flexibility index (Phi) is 11.0. The highest BCUT2D eigenvalue weighted by Gasteiger charge is 2.49. The molecule has 0 spiro atoms. The fourth-order valence-corrected chi connectivity index (χ4v) is 6.98. The Labute approximate surface area is 224 Å². The molecule has 1 aliphatic carbocycles. The molecule has 0 bridgehead atoms. The number of nitrogens with one attached hydrogen (secondary N) is 3. The van der Waals surface area contributed by atoms with Crippen molar-refractivity contribution in [2.45, 2.75) is 69.6 Å². The maximum absolute atomic E-state index is 13.4. The summed E-state index contributed by atoms with van der Waals surface area (Å²) in [6, 6.07) is 5.29. The smallest absolute Gasteiger partial charge is 0.245 e. The molecule has 1 aromatic rings. The van der Waals surface area contributed by atoms with Crippen LogP contribution in [-0.4, -0.2) is 86.9 Å². The van der Waals surface area contributed by atoms with Crippen molar-refractivity contribution in [1.82, 2.24) is 25.2 Å². The van der Waals surface area contributed by atoms with Crippen LogP contribution in [0.2, 0.25) is 0 Å². The van der Waals surface area contributed by atoms with E-state index in [2.05, 4.69) is 16.0 Å². The van der Waals surface area contributed by atoms with Gasteiger partial charge in [0.05, 0.1) is 12.8 Å². The normalized spacial score (nSPS) is 22.7. The highest BCUT2D eigenvalue weighted by molar-refractivity contribution is 7.88. The Morgan fingerprint density at radius 3 is 2.32 bits per heavy atom. The summed E-state index contributed by atoms with van der Waals surface area (Å²) in [5, 5.41) is 8.28. The van der Waals surface area contributed by atoms with E-state index in [1.165, 1.54) is 24.8 Å². The molecule has 4 rings (SSSR count). The molecule has 2 heterocycles. The van der Waals surface area contributed by atoms with Gasteiger partial charge in [-0.25, -0.2) is 12.8 Å². The number of fused-ring (bicyclic) bond motifs is 1. The predicted molar refractivity (Wildman–Crippen MR) is 142 cm³/mol. The van der Waals surface area contributed by atoms with Gasteiger partial charge >= 0.3 is 0 Å². The summed E-state index contributed by atoms with van der Waals surface area (Å²) in [4.78, 5) is 37.3. The molecule has 38 heavy (non-hydrogen) atoms. The molecule has 0 aromatic heterocycles. The third kappa shape index (κ3) is 7.97. The van der Waals surface area contributed by atoms with Crippen molar-refractivity contribution < 1.29 is 27.2 Å². The summed E-state index contributed by atoms with van der Waals surface area (Å²) in [6.45, 7) is 1.66. The van der Waals surface area contributed by atoms with Crippen molar-refractivity contribution in [3.05, 3.63) is 35.6 Å². The highest BCUT2D eigenvalue weighted by Crippen LogP contribution is 2.35. The number of hydrogen-bond donors (Lipinski definition) is 3. The van der Waals surface area contributed by atoms with Crippen LogP contribution in [0.5, 0.6) is 0 Å². The van der Waals surface area contributed by atoms with E-state index in [4.69, 9.17) is 0 Å². The quantitative estimate of drug-likeness (QED) is 0.391. The van der Waals surface area contributed by atoms with Crippen molar-refractivity contribution >= 4 is 28.2 Å². The van der Waals surface area contributed by atoms with E-state index in [-0.39, 0.29) is 42.2 Å².